The molecule has 35 heavy (non-hydrogen) atoms. The van der Waals surface area contributed by atoms with Crippen LogP contribution in [0.1, 0.15) is 16.1 Å². The van der Waals surface area contributed by atoms with Gasteiger partial charge in [0.25, 0.3) is 5.91 Å². The summed E-state index contributed by atoms with van der Waals surface area (Å²) in [6.45, 7) is 5.85. The summed E-state index contributed by atoms with van der Waals surface area (Å²) in [6, 6.07) is 16.7. The number of amides is 1. The van der Waals surface area contributed by atoms with Gasteiger partial charge in [-0.1, -0.05) is 35.9 Å². The third-order valence-corrected chi connectivity index (χ3v) is 7.69. The maximum atomic E-state index is 14.0. The van der Waals surface area contributed by atoms with Gasteiger partial charge in [0.05, 0.1) is 15.9 Å². The van der Waals surface area contributed by atoms with Gasteiger partial charge in [0, 0.05) is 6.54 Å². The lowest BCUT2D eigenvalue weighted by Crippen LogP contribution is -2.17. The molecule has 0 radical (unpaired) electrons. The van der Waals surface area contributed by atoms with Gasteiger partial charge in [0.2, 0.25) is 9.84 Å². The maximum Gasteiger partial charge on any atom is 0.292 e. The van der Waals surface area contributed by atoms with Crippen LogP contribution in [0.25, 0.3) is 22.2 Å². The Labute approximate surface area is 209 Å². The van der Waals surface area contributed by atoms with Crippen LogP contribution in [-0.2, 0) is 16.4 Å². The molecular formula is C25H19BrN4O4S. The summed E-state index contributed by atoms with van der Waals surface area (Å²) in [5.74, 6) is -0.570. The Bertz CT molecular complexity index is 1720. The van der Waals surface area contributed by atoms with Crippen LogP contribution in [0.2, 0.25) is 0 Å². The van der Waals surface area contributed by atoms with Crippen molar-refractivity contribution in [3.8, 4) is 0 Å². The van der Waals surface area contributed by atoms with Gasteiger partial charge in [-0.3, -0.25) is 4.79 Å². The number of aromatic nitrogens is 3. The van der Waals surface area contributed by atoms with Crippen molar-refractivity contribution in [1.82, 2.24) is 14.5 Å². The van der Waals surface area contributed by atoms with E-state index in [4.69, 9.17) is 4.42 Å². The molecule has 1 amide bonds. The summed E-state index contributed by atoms with van der Waals surface area (Å²) in [4.78, 5) is 22.3. The van der Waals surface area contributed by atoms with E-state index in [1.807, 2.05) is 13.0 Å². The zero-order chi connectivity index (χ0) is 24.7. The number of sulfone groups is 1. The van der Waals surface area contributed by atoms with Crippen molar-refractivity contribution in [3.05, 3.63) is 89.3 Å². The largest absolute Gasteiger partial charge is 0.444 e. The van der Waals surface area contributed by atoms with Crippen LogP contribution in [0.4, 0.5) is 5.82 Å². The molecule has 0 saturated carbocycles. The molecule has 0 bridgehead atoms. The van der Waals surface area contributed by atoms with Crippen molar-refractivity contribution in [2.75, 3.05) is 5.32 Å². The summed E-state index contributed by atoms with van der Waals surface area (Å²) in [5.41, 5.74) is 2.51. The predicted octanol–water partition coefficient (Wildman–Crippen LogP) is 5.52. The number of nitrogens with zero attached hydrogens (tertiary/aromatic N) is 3. The normalized spacial score (nSPS) is 11.7. The highest BCUT2D eigenvalue weighted by Gasteiger charge is 2.32. The molecular weight excluding hydrogens is 532 g/mol. The average Bonchev–Trinajstić information content (AvgIpc) is 3.40. The molecule has 0 unspecified atom stereocenters. The Morgan fingerprint density at radius 2 is 1.77 bits per heavy atom. The fourth-order valence-electron chi connectivity index (χ4n) is 3.80. The van der Waals surface area contributed by atoms with Crippen LogP contribution in [0.3, 0.4) is 0 Å². The van der Waals surface area contributed by atoms with Gasteiger partial charge >= 0.3 is 0 Å². The smallest absolute Gasteiger partial charge is 0.292 e. The molecule has 5 rings (SSSR count). The number of furan rings is 1. The number of carbonyl (C=O) groups is 1. The van der Waals surface area contributed by atoms with Gasteiger partial charge in [-0.05, 0) is 59.3 Å². The molecule has 0 aliphatic heterocycles. The average molecular weight is 551 g/mol. The number of halogens is 1. The molecule has 176 valence electrons. The summed E-state index contributed by atoms with van der Waals surface area (Å²) in [6.07, 6.45) is 1.59. The van der Waals surface area contributed by atoms with Gasteiger partial charge in [-0.25, -0.2) is 18.4 Å². The molecule has 8 nitrogen and oxygen atoms in total. The van der Waals surface area contributed by atoms with Gasteiger partial charge < -0.3 is 14.3 Å². The lowest BCUT2D eigenvalue weighted by atomic mass is 10.2. The number of carbonyl (C=O) groups excluding carboxylic acids is 1. The highest BCUT2D eigenvalue weighted by atomic mass is 79.9. The third kappa shape index (κ3) is 4.04. The Hall–Kier alpha value is -3.76. The SMILES string of the molecule is C=CCn1c(NC(=O)c2ccc(Br)o2)c(S(=O)(=O)c2ccc(C)cc2)c2nc3ccccc3nc21. The van der Waals surface area contributed by atoms with Crippen molar-refractivity contribution < 1.29 is 17.6 Å². The molecule has 10 heteroatoms. The van der Waals surface area contributed by atoms with Crippen molar-refractivity contribution in [3.63, 3.8) is 0 Å². The molecule has 2 aromatic carbocycles. The van der Waals surface area contributed by atoms with E-state index in [1.54, 1.807) is 47.0 Å². The van der Waals surface area contributed by atoms with Crippen LogP contribution < -0.4 is 5.32 Å². The van der Waals surface area contributed by atoms with Crippen molar-refractivity contribution in [1.29, 1.82) is 0 Å². The van der Waals surface area contributed by atoms with E-state index < -0.39 is 15.7 Å². The summed E-state index contributed by atoms with van der Waals surface area (Å²) in [5, 5.41) is 2.73. The molecule has 0 saturated heterocycles. The minimum absolute atomic E-state index is 0.0112. The second kappa shape index (κ2) is 8.79. The lowest BCUT2D eigenvalue weighted by molar-refractivity contribution is 0.0994. The van der Waals surface area contributed by atoms with Gasteiger partial charge in [0.15, 0.2) is 16.1 Å². The highest BCUT2D eigenvalue weighted by Crippen LogP contribution is 2.37. The van der Waals surface area contributed by atoms with E-state index in [2.05, 4.69) is 37.8 Å². The number of rotatable bonds is 6. The number of allylic oxidation sites excluding steroid dienone is 1. The van der Waals surface area contributed by atoms with E-state index in [-0.39, 0.29) is 33.4 Å². The number of hydrogen-bond donors (Lipinski definition) is 1. The molecule has 0 fully saturated rings. The minimum Gasteiger partial charge on any atom is -0.444 e. The Kier molecular flexibility index (Phi) is 5.78. The highest BCUT2D eigenvalue weighted by molar-refractivity contribution is 9.10. The van der Waals surface area contributed by atoms with E-state index in [9.17, 15) is 13.2 Å². The number of benzene rings is 2. The fraction of sp³-hybridized carbons (Fsp3) is 0.0800. The topological polar surface area (TPSA) is 107 Å². The number of hydrogen-bond acceptors (Lipinski definition) is 6. The molecule has 3 heterocycles. The number of fused-ring (bicyclic) bond motifs is 2. The first-order chi connectivity index (χ1) is 16.8. The van der Waals surface area contributed by atoms with Gasteiger partial charge in [0.1, 0.15) is 16.2 Å². The summed E-state index contributed by atoms with van der Waals surface area (Å²) in [7, 11) is -4.11. The van der Waals surface area contributed by atoms with Crippen LogP contribution in [-0.4, -0.2) is 28.9 Å². The first-order valence-electron chi connectivity index (χ1n) is 10.6. The second-order valence-electron chi connectivity index (χ2n) is 7.84. The first kappa shape index (κ1) is 23.0. The quantitative estimate of drug-likeness (QED) is 0.279. The van der Waals surface area contributed by atoms with Crippen LogP contribution in [0, 0.1) is 6.92 Å². The molecule has 0 aliphatic rings. The second-order valence-corrected chi connectivity index (χ2v) is 10.5. The molecule has 0 aliphatic carbocycles. The summed E-state index contributed by atoms with van der Waals surface area (Å²) >= 11 is 3.18. The zero-order valence-electron chi connectivity index (χ0n) is 18.5. The summed E-state index contributed by atoms with van der Waals surface area (Å²) < 4.78 is 35.3. The zero-order valence-corrected chi connectivity index (χ0v) is 20.9. The van der Waals surface area contributed by atoms with E-state index >= 15 is 0 Å². The van der Waals surface area contributed by atoms with E-state index in [1.165, 1.54) is 18.2 Å². The molecule has 3 aromatic heterocycles. The predicted molar refractivity (Wildman–Crippen MR) is 136 cm³/mol. The maximum absolute atomic E-state index is 14.0. The Morgan fingerprint density at radius 1 is 1.09 bits per heavy atom. The number of para-hydroxylation sites is 2. The van der Waals surface area contributed by atoms with Crippen molar-refractivity contribution >= 4 is 59.7 Å². The minimum atomic E-state index is -4.11. The van der Waals surface area contributed by atoms with Crippen molar-refractivity contribution in [2.45, 2.75) is 23.3 Å². The molecule has 5 aromatic rings. The number of aryl methyl sites for hydroxylation is 1. The third-order valence-electron chi connectivity index (χ3n) is 5.45. The van der Waals surface area contributed by atoms with Gasteiger partial charge in [-0.15, -0.1) is 6.58 Å². The molecule has 0 atom stereocenters. The van der Waals surface area contributed by atoms with Crippen LogP contribution in [0.5, 0.6) is 0 Å². The number of anilines is 1. The van der Waals surface area contributed by atoms with Gasteiger partial charge in [-0.2, -0.15) is 0 Å². The Morgan fingerprint density at radius 3 is 2.40 bits per heavy atom. The van der Waals surface area contributed by atoms with Crippen LogP contribution in [0.15, 0.2) is 92.2 Å². The molecule has 1 N–H and O–H groups in total. The van der Waals surface area contributed by atoms with Crippen molar-refractivity contribution in [2.24, 2.45) is 0 Å². The number of nitrogens with one attached hydrogen (secondary N) is 1. The fourth-order valence-corrected chi connectivity index (χ4v) is 5.64. The first-order valence-corrected chi connectivity index (χ1v) is 12.9. The molecule has 0 spiro atoms. The Balaban J connectivity index is 1.83. The lowest BCUT2D eigenvalue weighted by Gasteiger charge is -2.11. The standard InChI is InChI=1S/C25H19BrN4O4S/c1-3-14-30-23-21(27-17-6-4-5-7-18(17)28-23)22(35(32,33)16-10-8-15(2)9-11-16)24(30)29-25(31)19-12-13-20(26)34-19/h3-13H,1,14H2,2H3,(H,29,31). The van der Waals surface area contributed by atoms with E-state index in [0.717, 1.165) is 5.56 Å². The van der Waals surface area contributed by atoms with Crippen LogP contribution >= 0.6 is 15.9 Å². The van der Waals surface area contributed by atoms with E-state index in [0.29, 0.717) is 21.4 Å². The monoisotopic (exact) mass is 550 g/mol.